The fourth-order valence-electron chi connectivity index (χ4n) is 2.21. The Morgan fingerprint density at radius 1 is 1.20 bits per heavy atom. The van der Waals surface area contributed by atoms with Crippen LogP contribution in [0.4, 0.5) is 11.5 Å². The van der Waals surface area contributed by atoms with Crippen molar-refractivity contribution in [2.75, 3.05) is 26.6 Å². The van der Waals surface area contributed by atoms with Crippen molar-refractivity contribution in [3.05, 3.63) is 45.6 Å². The highest BCUT2D eigenvalue weighted by Crippen LogP contribution is 2.38. The lowest BCUT2D eigenvalue weighted by Crippen LogP contribution is -2.05. The third-order valence-corrected chi connectivity index (χ3v) is 3.37. The maximum absolute atomic E-state index is 10.8. The number of nitro groups is 1. The topological polar surface area (TPSA) is 120 Å². The first kappa shape index (κ1) is 17.8. The maximum Gasteiger partial charge on any atom is 0.305 e. The van der Waals surface area contributed by atoms with Crippen molar-refractivity contribution in [1.82, 2.24) is 4.98 Å². The quantitative estimate of drug-likeness (QED) is 0.601. The second-order valence-corrected chi connectivity index (χ2v) is 4.82. The number of benzene rings is 1. The predicted molar refractivity (Wildman–Crippen MR) is 89.0 cm³/mol. The van der Waals surface area contributed by atoms with Crippen LogP contribution in [-0.4, -0.2) is 31.2 Å². The highest BCUT2D eigenvalue weighted by Gasteiger charge is 2.16. The van der Waals surface area contributed by atoms with Crippen LogP contribution in [0.2, 0.25) is 0 Å². The van der Waals surface area contributed by atoms with Crippen LogP contribution in [0, 0.1) is 21.4 Å². The molecule has 0 aliphatic rings. The summed E-state index contributed by atoms with van der Waals surface area (Å²) in [6.45, 7) is 0.340. The first-order chi connectivity index (χ1) is 12.0. The summed E-state index contributed by atoms with van der Waals surface area (Å²) < 4.78 is 15.8. The Labute approximate surface area is 143 Å². The van der Waals surface area contributed by atoms with E-state index < -0.39 is 4.92 Å². The molecule has 1 N–H and O–H groups in total. The molecule has 0 aliphatic carbocycles. The van der Waals surface area contributed by atoms with Gasteiger partial charge in [-0.05, 0) is 23.8 Å². The van der Waals surface area contributed by atoms with Gasteiger partial charge in [0.2, 0.25) is 11.4 Å². The summed E-state index contributed by atoms with van der Waals surface area (Å²) in [4.78, 5) is 14.1. The van der Waals surface area contributed by atoms with E-state index in [1.807, 2.05) is 0 Å². The van der Waals surface area contributed by atoms with Crippen LogP contribution in [0.25, 0.3) is 0 Å². The molecule has 0 bridgehead atoms. The number of methoxy groups -OCH3 is 3. The van der Waals surface area contributed by atoms with E-state index in [9.17, 15) is 10.1 Å². The Morgan fingerprint density at radius 2 is 1.84 bits per heavy atom. The zero-order chi connectivity index (χ0) is 18.4. The summed E-state index contributed by atoms with van der Waals surface area (Å²) in [6.07, 6.45) is 0. The molecule has 1 aromatic heterocycles. The van der Waals surface area contributed by atoms with E-state index in [1.165, 1.54) is 33.5 Å². The molecule has 0 fully saturated rings. The number of nitrogens with zero attached hydrogens (tertiary/aromatic N) is 3. The minimum atomic E-state index is -0.644. The number of hydrogen-bond donors (Lipinski definition) is 1. The van der Waals surface area contributed by atoms with Crippen LogP contribution in [0.3, 0.4) is 0 Å². The number of nitriles is 1. The molecule has 130 valence electrons. The Kier molecular flexibility index (Phi) is 5.58. The molecule has 0 unspecified atom stereocenters. The van der Waals surface area contributed by atoms with Gasteiger partial charge in [-0.15, -0.1) is 0 Å². The van der Waals surface area contributed by atoms with Crippen LogP contribution in [-0.2, 0) is 6.54 Å². The summed E-state index contributed by atoms with van der Waals surface area (Å²) in [5.74, 6) is 1.84. The van der Waals surface area contributed by atoms with Crippen molar-refractivity contribution in [3.8, 4) is 23.3 Å². The lowest BCUT2D eigenvalue weighted by atomic mass is 10.1. The molecule has 9 nitrogen and oxygen atoms in total. The van der Waals surface area contributed by atoms with Crippen LogP contribution < -0.4 is 19.5 Å². The number of ether oxygens (including phenoxy) is 3. The second-order valence-electron chi connectivity index (χ2n) is 4.82. The van der Waals surface area contributed by atoms with Gasteiger partial charge in [0.1, 0.15) is 11.9 Å². The molecule has 1 aromatic carbocycles. The highest BCUT2D eigenvalue weighted by atomic mass is 16.6. The fourth-order valence-corrected chi connectivity index (χ4v) is 2.21. The van der Waals surface area contributed by atoms with E-state index >= 15 is 0 Å². The van der Waals surface area contributed by atoms with E-state index in [-0.39, 0.29) is 11.4 Å². The third kappa shape index (κ3) is 3.87. The molecular weight excluding hydrogens is 328 g/mol. The molecule has 0 atom stereocenters. The molecule has 0 aliphatic heterocycles. The number of nitrogens with one attached hydrogen (secondary N) is 1. The maximum atomic E-state index is 10.8. The molecular formula is C16H16N4O5. The third-order valence-electron chi connectivity index (χ3n) is 3.37. The molecule has 25 heavy (non-hydrogen) atoms. The Balaban J connectivity index is 2.24. The molecule has 0 amide bonds. The number of aromatic nitrogens is 1. The van der Waals surface area contributed by atoms with Gasteiger partial charge in [-0.2, -0.15) is 5.26 Å². The highest BCUT2D eigenvalue weighted by molar-refractivity contribution is 5.55. The first-order valence-electron chi connectivity index (χ1n) is 7.12. The van der Waals surface area contributed by atoms with Gasteiger partial charge in [-0.25, -0.2) is 4.98 Å². The van der Waals surface area contributed by atoms with Crippen molar-refractivity contribution >= 4 is 11.5 Å². The van der Waals surface area contributed by atoms with Crippen LogP contribution >= 0.6 is 0 Å². The average molecular weight is 344 g/mol. The van der Waals surface area contributed by atoms with Crippen molar-refractivity contribution in [2.24, 2.45) is 0 Å². The van der Waals surface area contributed by atoms with E-state index in [2.05, 4.69) is 10.3 Å². The minimum Gasteiger partial charge on any atom is -0.493 e. The van der Waals surface area contributed by atoms with Gasteiger partial charge in [-0.3, -0.25) is 10.1 Å². The molecule has 1 heterocycles. The Hall–Kier alpha value is -3.54. The average Bonchev–Trinajstić information content (AvgIpc) is 2.64. The van der Waals surface area contributed by atoms with Crippen molar-refractivity contribution in [2.45, 2.75) is 6.54 Å². The van der Waals surface area contributed by atoms with Gasteiger partial charge in [0.15, 0.2) is 11.5 Å². The molecule has 9 heteroatoms. The van der Waals surface area contributed by atoms with E-state index in [0.29, 0.717) is 29.6 Å². The van der Waals surface area contributed by atoms with Crippen molar-refractivity contribution < 1.29 is 19.1 Å². The summed E-state index contributed by atoms with van der Waals surface area (Å²) in [5.41, 5.74) is 0.230. The van der Waals surface area contributed by atoms with E-state index in [1.54, 1.807) is 18.2 Å². The summed E-state index contributed by atoms with van der Waals surface area (Å²) in [5, 5.41) is 22.8. The smallest absolute Gasteiger partial charge is 0.305 e. The summed E-state index contributed by atoms with van der Waals surface area (Å²) in [6, 6.07) is 7.94. The second kappa shape index (κ2) is 7.83. The molecule has 0 saturated heterocycles. The number of anilines is 1. The number of pyridine rings is 1. The summed E-state index contributed by atoms with van der Waals surface area (Å²) in [7, 11) is 4.56. The zero-order valence-corrected chi connectivity index (χ0v) is 13.9. The van der Waals surface area contributed by atoms with Gasteiger partial charge in [0.05, 0.1) is 26.3 Å². The molecule has 0 radical (unpaired) electrons. The predicted octanol–water partition coefficient (Wildman–Crippen LogP) is 2.50. The molecule has 0 saturated carbocycles. The lowest BCUT2D eigenvalue weighted by Gasteiger charge is -2.14. The van der Waals surface area contributed by atoms with Gasteiger partial charge < -0.3 is 19.5 Å². The van der Waals surface area contributed by atoms with Gasteiger partial charge >= 0.3 is 5.69 Å². The standard InChI is InChI=1S/C16H16N4O5/c1-23-13-6-10(7-14(24-2)16(13)25-3)9-18-15-5-4-12(20(21)22)11(8-17)19-15/h4-7H,9H2,1-3H3,(H,18,19). The molecule has 2 aromatic rings. The van der Waals surface area contributed by atoms with Gasteiger partial charge in [-0.1, -0.05) is 0 Å². The molecule has 0 spiro atoms. The Morgan fingerprint density at radius 3 is 2.32 bits per heavy atom. The monoisotopic (exact) mass is 344 g/mol. The SMILES string of the molecule is COc1cc(CNc2ccc([N+](=O)[O-])c(C#N)n2)cc(OC)c1OC. The van der Waals surface area contributed by atoms with Gasteiger partial charge in [0, 0.05) is 12.6 Å². The van der Waals surface area contributed by atoms with Gasteiger partial charge in [0.25, 0.3) is 0 Å². The van der Waals surface area contributed by atoms with E-state index in [4.69, 9.17) is 19.5 Å². The first-order valence-corrected chi connectivity index (χ1v) is 7.12. The number of rotatable bonds is 7. The minimum absolute atomic E-state index is 0.250. The lowest BCUT2D eigenvalue weighted by molar-refractivity contribution is -0.385. The van der Waals surface area contributed by atoms with Crippen molar-refractivity contribution in [1.29, 1.82) is 5.26 Å². The summed E-state index contributed by atoms with van der Waals surface area (Å²) >= 11 is 0. The van der Waals surface area contributed by atoms with Crippen LogP contribution in [0.5, 0.6) is 17.2 Å². The normalized spacial score (nSPS) is 9.84. The number of hydrogen-bond acceptors (Lipinski definition) is 8. The van der Waals surface area contributed by atoms with Crippen LogP contribution in [0.15, 0.2) is 24.3 Å². The largest absolute Gasteiger partial charge is 0.493 e. The van der Waals surface area contributed by atoms with E-state index in [0.717, 1.165) is 5.56 Å². The zero-order valence-electron chi connectivity index (χ0n) is 13.9. The fraction of sp³-hybridized carbons (Fsp3) is 0.250. The van der Waals surface area contributed by atoms with Crippen LogP contribution in [0.1, 0.15) is 11.3 Å². The molecule has 2 rings (SSSR count). The van der Waals surface area contributed by atoms with Crippen molar-refractivity contribution in [3.63, 3.8) is 0 Å². The Bertz CT molecular complexity index is 807.